The van der Waals surface area contributed by atoms with Crippen molar-refractivity contribution in [2.45, 2.75) is 17.6 Å². The Hall–Kier alpha value is -1.95. The zero-order valence-corrected chi connectivity index (χ0v) is 10.7. The van der Waals surface area contributed by atoms with Crippen molar-refractivity contribution in [2.75, 3.05) is 0 Å². The first kappa shape index (κ1) is 14.5. The van der Waals surface area contributed by atoms with Gasteiger partial charge >= 0.3 is 12.1 Å². The molecule has 0 bridgehead atoms. The Morgan fingerprint density at radius 1 is 1.45 bits per heavy atom. The van der Waals surface area contributed by atoms with E-state index >= 15 is 0 Å². The highest BCUT2D eigenvalue weighted by Crippen LogP contribution is 2.27. The molecule has 0 amide bonds. The van der Waals surface area contributed by atoms with Crippen LogP contribution in [0.15, 0.2) is 21.8 Å². The van der Waals surface area contributed by atoms with Crippen LogP contribution in [-0.4, -0.2) is 28.3 Å². The average Bonchev–Trinajstić information content (AvgIpc) is 2.94. The van der Waals surface area contributed by atoms with E-state index < -0.39 is 34.5 Å². The summed E-state index contributed by atoms with van der Waals surface area (Å²) in [7, 11) is -2.38. The maximum Gasteiger partial charge on any atom is 0.471 e. The molecule has 0 fully saturated rings. The Balaban J connectivity index is 2.07. The lowest BCUT2D eigenvalue weighted by atomic mass is 10.6. The molecule has 2 aromatic rings. The number of halogens is 3. The van der Waals surface area contributed by atoms with Gasteiger partial charge in [0.1, 0.15) is 4.90 Å². The van der Waals surface area contributed by atoms with Gasteiger partial charge < -0.3 is 4.52 Å². The largest absolute Gasteiger partial charge is 0.471 e. The number of aromatic nitrogens is 4. The van der Waals surface area contributed by atoms with E-state index in [0.717, 1.165) is 6.20 Å². The molecule has 110 valence electrons. The van der Waals surface area contributed by atoms with E-state index in [9.17, 15) is 21.6 Å². The lowest BCUT2D eigenvalue weighted by Gasteiger charge is -2.00. The lowest BCUT2D eigenvalue weighted by Crippen LogP contribution is -2.23. The number of nitrogens with zero attached hydrogens (tertiary/aromatic N) is 4. The normalized spacial score (nSPS) is 12.8. The topological polar surface area (TPSA) is 103 Å². The van der Waals surface area contributed by atoms with Gasteiger partial charge in [-0.1, -0.05) is 5.16 Å². The van der Waals surface area contributed by atoms with Crippen molar-refractivity contribution in [2.24, 2.45) is 7.05 Å². The molecule has 0 aliphatic carbocycles. The van der Waals surface area contributed by atoms with E-state index in [4.69, 9.17) is 0 Å². The summed E-state index contributed by atoms with van der Waals surface area (Å²) in [6.45, 7) is -0.531. The predicted octanol–water partition coefficient (Wildman–Crippen LogP) is 0.300. The first-order valence-electron chi connectivity index (χ1n) is 5.06. The van der Waals surface area contributed by atoms with Crippen molar-refractivity contribution in [3.63, 3.8) is 0 Å². The van der Waals surface area contributed by atoms with Gasteiger partial charge in [0.25, 0.3) is 0 Å². The number of hydrogen-bond donors (Lipinski definition) is 1. The monoisotopic (exact) mass is 311 g/mol. The summed E-state index contributed by atoms with van der Waals surface area (Å²) >= 11 is 0. The molecule has 12 heteroatoms. The first-order chi connectivity index (χ1) is 9.18. The van der Waals surface area contributed by atoms with Crippen LogP contribution < -0.4 is 4.72 Å². The van der Waals surface area contributed by atoms with Crippen molar-refractivity contribution in [3.8, 4) is 0 Å². The van der Waals surface area contributed by atoms with Gasteiger partial charge in [0.05, 0.1) is 12.7 Å². The Kier molecular flexibility index (Phi) is 3.52. The van der Waals surface area contributed by atoms with Gasteiger partial charge in [-0.3, -0.25) is 4.68 Å². The van der Waals surface area contributed by atoms with Crippen LogP contribution in [0.5, 0.6) is 0 Å². The van der Waals surface area contributed by atoms with Crippen LogP contribution in [0.2, 0.25) is 0 Å². The van der Waals surface area contributed by atoms with Gasteiger partial charge in [-0.2, -0.15) is 23.3 Å². The molecule has 0 spiro atoms. The number of alkyl halides is 3. The van der Waals surface area contributed by atoms with Crippen LogP contribution in [0.4, 0.5) is 13.2 Å². The van der Waals surface area contributed by atoms with Gasteiger partial charge in [0.2, 0.25) is 10.0 Å². The highest BCUT2D eigenvalue weighted by molar-refractivity contribution is 7.89. The zero-order chi connectivity index (χ0) is 15.0. The second-order valence-corrected chi connectivity index (χ2v) is 5.45. The molecule has 2 aromatic heterocycles. The molecular formula is C8H8F3N5O3S. The summed E-state index contributed by atoms with van der Waals surface area (Å²) in [5.74, 6) is -1.96. The van der Waals surface area contributed by atoms with Crippen LogP contribution in [-0.2, 0) is 29.8 Å². The first-order valence-corrected chi connectivity index (χ1v) is 6.55. The minimum Gasteiger partial charge on any atom is -0.329 e. The fraction of sp³-hybridized carbons (Fsp3) is 0.375. The quantitative estimate of drug-likeness (QED) is 0.871. The Morgan fingerprint density at radius 2 is 2.15 bits per heavy atom. The highest BCUT2D eigenvalue weighted by Gasteiger charge is 2.38. The smallest absolute Gasteiger partial charge is 0.329 e. The van der Waals surface area contributed by atoms with Gasteiger partial charge in [-0.05, 0) is 0 Å². The molecule has 2 rings (SSSR count). The molecule has 1 N–H and O–H groups in total. The van der Waals surface area contributed by atoms with E-state index in [0.29, 0.717) is 0 Å². The molecule has 0 saturated carbocycles. The van der Waals surface area contributed by atoms with Crippen LogP contribution in [0.1, 0.15) is 11.7 Å². The molecule has 0 aromatic carbocycles. The summed E-state index contributed by atoms with van der Waals surface area (Å²) < 4.78 is 67.4. The third-order valence-corrected chi connectivity index (χ3v) is 3.48. The SMILES string of the molecule is Cn1cc(S(=O)(=O)NCc2noc(C(F)(F)F)n2)cn1. The number of hydrogen-bond acceptors (Lipinski definition) is 6. The zero-order valence-electron chi connectivity index (χ0n) is 9.92. The maximum absolute atomic E-state index is 12.2. The van der Waals surface area contributed by atoms with E-state index in [-0.39, 0.29) is 4.90 Å². The summed E-state index contributed by atoms with van der Waals surface area (Å²) in [5, 5.41) is 6.70. The van der Waals surface area contributed by atoms with Gasteiger partial charge in [-0.15, -0.1) is 0 Å². The van der Waals surface area contributed by atoms with E-state index in [1.54, 1.807) is 0 Å². The predicted molar refractivity (Wildman–Crippen MR) is 56.5 cm³/mol. The fourth-order valence-electron chi connectivity index (χ4n) is 1.22. The maximum atomic E-state index is 12.2. The van der Waals surface area contributed by atoms with E-state index in [1.165, 1.54) is 17.9 Å². The Morgan fingerprint density at radius 3 is 2.65 bits per heavy atom. The molecule has 0 aliphatic heterocycles. The standard InChI is InChI=1S/C8H8F3N5O3S/c1-16-4-5(2-12-16)20(17,18)13-3-6-14-7(19-15-6)8(9,10)11/h2,4,13H,3H2,1H3. The average molecular weight is 311 g/mol. The Bertz CT molecular complexity index is 705. The molecule has 20 heavy (non-hydrogen) atoms. The summed E-state index contributed by atoms with van der Waals surface area (Å²) in [4.78, 5) is 2.91. The fourth-order valence-corrected chi connectivity index (χ4v) is 2.18. The second kappa shape index (κ2) is 4.86. The highest BCUT2D eigenvalue weighted by atomic mass is 32.2. The van der Waals surface area contributed by atoms with Crippen LogP contribution in [0.25, 0.3) is 0 Å². The van der Waals surface area contributed by atoms with E-state index in [1.807, 2.05) is 4.72 Å². The van der Waals surface area contributed by atoms with Crippen LogP contribution in [0.3, 0.4) is 0 Å². The molecule has 0 aliphatic rings. The number of sulfonamides is 1. The van der Waals surface area contributed by atoms with Crippen LogP contribution in [0, 0.1) is 0 Å². The van der Waals surface area contributed by atoms with Crippen LogP contribution >= 0.6 is 0 Å². The summed E-state index contributed by atoms with van der Waals surface area (Å²) in [5.41, 5.74) is 0. The molecule has 2 heterocycles. The number of aryl methyl sites for hydroxylation is 1. The third kappa shape index (κ3) is 3.14. The second-order valence-electron chi connectivity index (χ2n) is 3.69. The lowest BCUT2D eigenvalue weighted by molar-refractivity contribution is -0.159. The minimum atomic E-state index is -4.77. The third-order valence-electron chi connectivity index (χ3n) is 2.12. The van der Waals surface area contributed by atoms with Gasteiger partial charge in [0.15, 0.2) is 5.82 Å². The van der Waals surface area contributed by atoms with Gasteiger partial charge in [0, 0.05) is 13.2 Å². The summed E-state index contributed by atoms with van der Waals surface area (Å²) in [6.07, 6.45) is -2.44. The Labute approximate surface area is 110 Å². The minimum absolute atomic E-state index is 0.125. The number of nitrogens with one attached hydrogen (secondary N) is 1. The van der Waals surface area contributed by atoms with Crippen molar-refractivity contribution in [1.29, 1.82) is 0 Å². The van der Waals surface area contributed by atoms with Crippen molar-refractivity contribution in [3.05, 3.63) is 24.1 Å². The van der Waals surface area contributed by atoms with Crippen molar-refractivity contribution < 1.29 is 26.1 Å². The molecule has 8 nitrogen and oxygen atoms in total. The van der Waals surface area contributed by atoms with E-state index in [2.05, 4.69) is 19.8 Å². The van der Waals surface area contributed by atoms with Crippen molar-refractivity contribution in [1.82, 2.24) is 24.6 Å². The molecule has 0 unspecified atom stereocenters. The molecule has 0 atom stereocenters. The molecule has 0 radical (unpaired) electrons. The number of rotatable bonds is 4. The van der Waals surface area contributed by atoms with Crippen molar-refractivity contribution >= 4 is 10.0 Å². The van der Waals surface area contributed by atoms with Gasteiger partial charge in [-0.25, -0.2) is 13.1 Å². The molecule has 0 saturated heterocycles. The molecular weight excluding hydrogens is 303 g/mol. The summed E-state index contributed by atoms with van der Waals surface area (Å²) in [6, 6.07) is 0.